The molecule has 2 unspecified atom stereocenters. The van der Waals surface area contributed by atoms with E-state index in [2.05, 4.69) is 0 Å². The molecule has 2 atom stereocenters. The van der Waals surface area contributed by atoms with Gasteiger partial charge in [0.15, 0.2) is 0 Å². The lowest BCUT2D eigenvalue weighted by Gasteiger charge is -2.21. The molecule has 0 amide bonds. The zero-order chi connectivity index (χ0) is 26.3. The number of unbranched alkanes of at least 4 members (excludes halogenated alkanes) is 3. The first kappa shape index (κ1) is 36.3. The van der Waals surface area contributed by atoms with E-state index >= 15 is 0 Å². The third kappa shape index (κ3) is 19.3. The Bertz CT molecular complexity index is 529. The van der Waals surface area contributed by atoms with E-state index in [0.717, 1.165) is 38.5 Å². The van der Waals surface area contributed by atoms with Crippen LogP contribution in [0.2, 0.25) is 0 Å². The van der Waals surface area contributed by atoms with E-state index in [-0.39, 0.29) is 39.3 Å². The van der Waals surface area contributed by atoms with Crippen molar-refractivity contribution < 1.29 is 48.3 Å². The monoisotopic (exact) mass is 541 g/mol. The molecule has 0 aromatic heterocycles. The van der Waals surface area contributed by atoms with Crippen LogP contribution in [-0.2, 0) is 27.2 Å². The van der Waals surface area contributed by atoms with Crippen LogP contribution in [0.4, 0.5) is 4.39 Å². The SMILES string of the molecule is C.CCCCOP(=O)(CC(CO)CO)OCCCC.CCCCOP1(=O)CC(CO)CO1.[2H]CF. The molecule has 34 heavy (non-hydrogen) atoms. The summed E-state index contributed by atoms with van der Waals surface area (Å²) in [5, 5.41) is 26.9. The van der Waals surface area contributed by atoms with Gasteiger partial charge in [-0.25, -0.2) is 0 Å². The Balaban J connectivity index is -0.000000529. The molecule has 0 saturated carbocycles. The molecule has 1 aliphatic rings. The van der Waals surface area contributed by atoms with E-state index in [9.17, 15) is 13.5 Å². The standard InChI is InChI=1S/C12H27O5P.C8H17O4P.CH3F.CH4/c1-3-5-7-16-18(15,17-8-6-4-2)11-12(9-13)10-14;1-2-3-4-11-13(10)7-8(5-9)6-12-13;1-2;/h12-14H,3-11H2,1-2H3;8-9H,2-7H2,1H3;1H3;1H4/i;;1D;. The lowest BCUT2D eigenvalue weighted by Crippen LogP contribution is -2.18. The van der Waals surface area contributed by atoms with Crippen LogP contribution in [0.1, 0.15) is 68.1 Å². The van der Waals surface area contributed by atoms with Crippen molar-refractivity contribution in [1.82, 2.24) is 0 Å². The second kappa shape index (κ2) is 24.8. The average Bonchev–Trinajstić information content (AvgIpc) is 3.20. The minimum atomic E-state index is -3.19. The van der Waals surface area contributed by atoms with Gasteiger partial charge < -0.3 is 33.4 Å². The maximum Gasteiger partial charge on any atom is 0.331 e. The van der Waals surface area contributed by atoms with Gasteiger partial charge in [0.05, 0.1) is 47.3 Å². The zero-order valence-electron chi connectivity index (χ0n) is 21.5. The van der Waals surface area contributed by atoms with Crippen LogP contribution in [-0.4, -0.2) is 81.0 Å². The van der Waals surface area contributed by atoms with Crippen molar-refractivity contribution in [1.29, 1.82) is 0 Å². The van der Waals surface area contributed by atoms with Gasteiger partial charge in [-0.05, 0) is 19.3 Å². The summed E-state index contributed by atoms with van der Waals surface area (Å²) in [6.45, 7) is 7.34. The van der Waals surface area contributed by atoms with Crippen LogP contribution in [0.5, 0.6) is 0 Å². The third-order valence-corrected chi connectivity index (χ3v) is 8.80. The van der Waals surface area contributed by atoms with Crippen LogP contribution < -0.4 is 0 Å². The fraction of sp³-hybridized carbons (Fsp3) is 1.00. The second-order valence-electron chi connectivity index (χ2n) is 7.72. The van der Waals surface area contributed by atoms with E-state index in [1.165, 1.54) is 0 Å². The predicted octanol–water partition coefficient (Wildman–Crippen LogP) is 5.27. The van der Waals surface area contributed by atoms with Crippen molar-refractivity contribution in [3.05, 3.63) is 0 Å². The summed E-state index contributed by atoms with van der Waals surface area (Å²) < 4.78 is 60.6. The van der Waals surface area contributed by atoms with Crippen LogP contribution in [0.3, 0.4) is 0 Å². The molecule has 12 heteroatoms. The Morgan fingerprint density at radius 1 is 1.06 bits per heavy atom. The number of rotatable bonds is 17. The summed E-state index contributed by atoms with van der Waals surface area (Å²) in [5.41, 5.74) is 0. The normalized spacial score (nSPS) is 20.0. The summed E-state index contributed by atoms with van der Waals surface area (Å²) in [5.74, 6) is -0.452. The molecule has 0 aromatic carbocycles. The molecule has 1 rings (SSSR count). The van der Waals surface area contributed by atoms with Crippen LogP contribution in [0.15, 0.2) is 0 Å². The van der Waals surface area contributed by atoms with Gasteiger partial charge in [0.2, 0.25) is 0 Å². The van der Waals surface area contributed by atoms with Gasteiger partial charge in [0.25, 0.3) is 0 Å². The highest BCUT2D eigenvalue weighted by molar-refractivity contribution is 7.54. The number of aliphatic hydroxyl groups excluding tert-OH is 3. The Hall–Kier alpha value is 0.110. The molecular weight excluding hydrogens is 489 g/mol. The summed E-state index contributed by atoms with van der Waals surface area (Å²) in [6, 6.07) is 0. The molecule has 9 nitrogen and oxygen atoms in total. The zero-order valence-corrected chi connectivity index (χ0v) is 22.3. The molecule has 0 aliphatic carbocycles. The van der Waals surface area contributed by atoms with Gasteiger partial charge >= 0.3 is 15.2 Å². The molecule has 1 fully saturated rings. The van der Waals surface area contributed by atoms with Gasteiger partial charge in [-0.15, -0.1) is 0 Å². The number of halogens is 1. The summed E-state index contributed by atoms with van der Waals surface area (Å²) >= 11 is 0. The van der Waals surface area contributed by atoms with Gasteiger partial charge in [-0.2, -0.15) is 0 Å². The van der Waals surface area contributed by atoms with Crippen LogP contribution in [0.25, 0.3) is 0 Å². The highest BCUT2D eigenvalue weighted by Crippen LogP contribution is 2.54. The quantitative estimate of drug-likeness (QED) is 0.166. The topological polar surface area (TPSA) is 132 Å². The maximum atomic E-state index is 12.4. The van der Waals surface area contributed by atoms with Crippen molar-refractivity contribution in [3.63, 3.8) is 0 Å². The van der Waals surface area contributed by atoms with Crippen molar-refractivity contribution >= 4 is 15.2 Å². The summed E-state index contributed by atoms with van der Waals surface area (Å²) in [7, 11) is -7.02. The van der Waals surface area contributed by atoms with Crippen LogP contribution in [0, 0.1) is 11.8 Å². The van der Waals surface area contributed by atoms with Crippen molar-refractivity contribution in [3.8, 4) is 0 Å². The molecule has 1 saturated heterocycles. The van der Waals surface area contributed by atoms with Crippen molar-refractivity contribution in [2.45, 2.75) is 66.7 Å². The molecule has 1 heterocycles. The third-order valence-electron chi connectivity index (χ3n) is 4.60. The molecule has 1 aliphatic heterocycles. The Labute approximate surface area is 208 Å². The van der Waals surface area contributed by atoms with Crippen LogP contribution >= 0.6 is 15.2 Å². The number of hydrogen-bond donors (Lipinski definition) is 3. The van der Waals surface area contributed by atoms with Gasteiger partial charge in [-0.1, -0.05) is 47.5 Å². The highest BCUT2D eigenvalue weighted by Gasteiger charge is 2.36. The smallest absolute Gasteiger partial charge is 0.331 e. The minimum absolute atomic E-state index is 0. The fourth-order valence-corrected chi connectivity index (χ4v) is 6.46. The van der Waals surface area contributed by atoms with Crippen molar-refractivity contribution in [2.24, 2.45) is 11.8 Å². The second-order valence-corrected chi connectivity index (χ2v) is 11.9. The van der Waals surface area contributed by atoms with E-state index in [0.29, 0.717) is 32.6 Å². The molecule has 0 spiro atoms. The lowest BCUT2D eigenvalue weighted by molar-refractivity contribution is 0.146. The predicted molar refractivity (Wildman–Crippen MR) is 135 cm³/mol. The number of hydrogen-bond acceptors (Lipinski definition) is 9. The van der Waals surface area contributed by atoms with Gasteiger partial charge in [0, 0.05) is 31.7 Å². The van der Waals surface area contributed by atoms with E-state index in [1.54, 1.807) is 0 Å². The first-order valence-corrected chi connectivity index (χ1v) is 15.1. The van der Waals surface area contributed by atoms with E-state index in [4.69, 9.17) is 34.8 Å². The largest absolute Gasteiger partial charge is 0.396 e. The highest BCUT2D eigenvalue weighted by atomic mass is 31.2. The molecule has 0 aromatic rings. The number of aliphatic hydroxyl groups is 3. The molecule has 0 bridgehead atoms. The minimum Gasteiger partial charge on any atom is -0.396 e. The Morgan fingerprint density at radius 2 is 1.53 bits per heavy atom. The first-order valence-electron chi connectivity index (χ1n) is 12.4. The Kier molecular flexibility index (Phi) is 26.4. The fourth-order valence-electron chi connectivity index (χ4n) is 2.52. The molecule has 210 valence electrons. The lowest BCUT2D eigenvalue weighted by atomic mass is 10.2. The maximum absolute atomic E-state index is 12.4. The molecule has 0 radical (unpaired) electrons. The van der Waals surface area contributed by atoms with Gasteiger partial charge in [0.1, 0.15) is 0 Å². The van der Waals surface area contributed by atoms with Gasteiger partial charge in [-0.3, -0.25) is 13.5 Å². The first-order chi connectivity index (χ1) is 16.2. The molecule has 3 N–H and O–H groups in total. The van der Waals surface area contributed by atoms with E-state index in [1.807, 2.05) is 20.8 Å². The number of alkyl halides is 1. The van der Waals surface area contributed by atoms with Crippen molar-refractivity contribution in [2.75, 3.05) is 65.7 Å². The Morgan fingerprint density at radius 3 is 1.91 bits per heavy atom. The van der Waals surface area contributed by atoms with E-state index < -0.39 is 28.3 Å². The summed E-state index contributed by atoms with van der Waals surface area (Å²) in [6.07, 6.45) is 5.92. The molecular formula is C22H51FO9P2. The average molecular weight is 542 g/mol. The summed E-state index contributed by atoms with van der Waals surface area (Å²) in [4.78, 5) is 0.